The Labute approximate surface area is 173 Å². The summed E-state index contributed by atoms with van der Waals surface area (Å²) < 4.78 is 5.88. The second-order valence-corrected chi connectivity index (χ2v) is 8.62. The van der Waals surface area contributed by atoms with Crippen LogP contribution in [0.3, 0.4) is 0 Å². The van der Waals surface area contributed by atoms with Crippen LogP contribution in [0.15, 0.2) is 78.9 Å². The molecule has 0 fully saturated rings. The van der Waals surface area contributed by atoms with Gasteiger partial charge in [0.05, 0.1) is 11.2 Å². The summed E-state index contributed by atoms with van der Waals surface area (Å²) in [4.78, 5) is 0. The standard InChI is InChI=1S/C26H26BO2/c1-25(2,28)26(3,4)29-27-20-15-13-18(14-16-20)24-17-19-9-5-6-10-21(19)22-11-7-8-12-23(22)24/h5-17,28H,1-4H3. The van der Waals surface area contributed by atoms with Crippen LogP contribution < -0.4 is 5.46 Å². The highest BCUT2D eigenvalue weighted by Gasteiger charge is 2.35. The van der Waals surface area contributed by atoms with Crippen LogP contribution in [0.1, 0.15) is 27.7 Å². The highest BCUT2D eigenvalue weighted by atomic mass is 16.5. The Morgan fingerprint density at radius 3 is 1.97 bits per heavy atom. The van der Waals surface area contributed by atoms with Gasteiger partial charge in [0.1, 0.15) is 0 Å². The molecule has 0 aliphatic heterocycles. The molecule has 1 N–H and O–H groups in total. The molecule has 0 bridgehead atoms. The van der Waals surface area contributed by atoms with Crippen LogP contribution in [-0.4, -0.2) is 23.8 Å². The van der Waals surface area contributed by atoms with Crippen LogP contribution in [0.4, 0.5) is 0 Å². The molecule has 4 aromatic carbocycles. The number of rotatable bonds is 5. The van der Waals surface area contributed by atoms with Crippen molar-refractivity contribution in [2.45, 2.75) is 38.9 Å². The number of hydrogen-bond donors (Lipinski definition) is 1. The molecule has 4 rings (SSSR count). The maximum absolute atomic E-state index is 10.3. The van der Waals surface area contributed by atoms with E-state index in [1.807, 2.05) is 13.8 Å². The second kappa shape index (κ2) is 7.33. The van der Waals surface area contributed by atoms with E-state index in [9.17, 15) is 5.11 Å². The van der Waals surface area contributed by atoms with E-state index >= 15 is 0 Å². The molecular formula is C26H26BO2. The molecule has 1 radical (unpaired) electrons. The normalized spacial score (nSPS) is 12.4. The highest BCUT2D eigenvalue weighted by Crippen LogP contribution is 2.34. The Balaban J connectivity index is 1.68. The van der Waals surface area contributed by atoms with Gasteiger partial charge in [0.15, 0.2) is 0 Å². The molecule has 0 unspecified atom stereocenters. The number of hydrogen-bond acceptors (Lipinski definition) is 2. The van der Waals surface area contributed by atoms with Gasteiger partial charge in [0.25, 0.3) is 0 Å². The van der Waals surface area contributed by atoms with Crippen molar-refractivity contribution in [3.05, 3.63) is 78.9 Å². The second-order valence-electron chi connectivity index (χ2n) is 8.62. The third kappa shape index (κ3) is 3.81. The fourth-order valence-corrected chi connectivity index (χ4v) is 3.39. The highest BCUT2D eigenvalue weighted by molar-refractivity contribution is 6.47. The Hall–Kier alpha value is -2.62. The summed E-state index contributed by atoms with van der Waals surface area (Å²) >= 11 is 0. The van der Waals surface area contributed by atoms with Gasteiger partial charge in [0, 0.05) is 0 Å². The van der Waals surface area contributed by atoms with E-state index in [2.05, 4.69) is 78.9 Å². The zero-order chi connectivity index (χ0) is 20.6. The van der Waals surface area contributed by atoms with Crippen LogP contribution in [-0.2, 0) is 4.65 Å². The predicted molar refractivity (Wildman–Crippen MR) is 124 cm³/mol. The van der Waals surface area contributed by atoms with Gasteiger partial charge in [-0.15, -0.1) is 0 Å². The van der Waals surface area contributed by atoms with Gasteiger partial charge >= 0.3 is 7.48 Å². The first-order chi connectivity index (χ1) is 13.8. The predicted octanol–water partition coefficient (Wildman–Crippen LogP) is 5.47. The van der Waals surface area contributed by atoms with Crippen LogP contribution in [0, 0.1) is 0 Å². The molecule has 0 saturated heterocycles. The van der Waals surface area contributed by atoms with Crippen molar-refractivity contribution in [3.8, 4) is 11.1 Å². The van der Waals surface area contributed by atoms with Gasteiger partial charge in [0.2, 0.25) is 0 Å². The lowest BCUT2D eigenvalue weighted by Crippen LogP contribution is -2.49. The zero-order valence-electron chi connectivity index (χ0n) is 17.4. The minimum absolute atomic E-state index is 0.680. The summed E-state index contributed by atoms with van der Waals surface area (Å²) in [5.41, 5.74) is 1.75. The third-order valence-corrected chi connectivity index (χ3v) is 5.95. The minimum Gasteiger partial charge on any atom is -0.427 e. The topological polar surface area (TPSA) is 29.5 Å². The average molecular weight is 381 g/mol. The number of aliphatic hydroxyl groups is 1. The summed E-state index contributed by atoms with van der Waals surface area (Å²) in [5.74, 6) is 0. The molecule has 2 nitrogen and oxygen atoms in total. The lowest BCUT2D eigenvalue weighted by atomic mass is 9.82. The van der Waals surface area contributed by atoms with E-state index in [1.165, 1.54) is 32.7 Å². The van der Waals surface area contributed by atoms with Crippen molar-refractivity contribution in [3.63, 3.8) is 0 Å². The van der Waals surface area contributed by atoms with Crippen molar-refractivity contribution < 1.29 is 9.76 Å². The molecular weight excluding hydrogens is 355 g/mol. The molecule has 0 aromatic heterocycles. The third-order valence-electron chi connectivity index (χ3n) is 5.95. The van der Waals surface area contributed by atoms with Crippen LogP contribution in [0.2, 0.25) is 0 Å². The summed E-state index contributed by atoms with van der Waals surface area (Å²) in [6.07, 6.45) is 0. The van der Waals surface area contributed by atoms with Crippen molar-refractivity contribution in [2.75, 3.05) is 0 Å². The Morgan fingerprint density at radius 2 is 1.31 bits per heavy atom. The molecule has 145 valence electrons. The molecule has 0 aliphatic carbocycles. The van der Waals surface area contributed by atoms with Gasteiger partial charge in [-0.2, -0.15) is 0 Å². The Morgan fingerprint density at radius 1 is 0.724 bits per heavy atom. The molecule has 4 aromatic rings. The number of fused-ring (bicyclic) bond motifs is 3. The molecule has 3 heteroatoms. The van der Waals surface area contributed by atoms with Crippen LogP contribution in [0.5, 0.6) is 0 Å². The molecule has 0 amide bonds. The quantitative estimate of drug-likeness (QED) is 0.367. The molecule has 0 aliphatic rings. The lowest BCUT2D eigenvalue weighted by molar-refractivity contribution is -0.0893. The van der Waals surface area contributed by atoms with E-state index < -0.39 is 11.2 Å². The van der Waals surface area contributed by atoms with Crippen LogP contribution >= 0.6 is 0 Å². The summed E-state index contributed by atoms with van der Waals surface area (Å²) in [5, 5.41) is 15.3. The minimum atomic E-state index is -0.937. The van der Waals surface area contributed by atoms with E-state index in [4.69, 9.17) is 4.65 Å². The summed E-state index contributed by atoms with van der Waals surface area (Å²) in [6, 6.07) is 27.7. The smallest absolute Gasteiger partial charge is 0.330 e. The van der Waals surface area contributed by atoms with Crippen molar-refractivity contribution in [2.24, 2.45) is 0 Å². The van der Waals surface area contributed by atoms with Gasteiger partial charge in [-0.3, -0.25) is 0 Å². The van der Waals surface area contributed by atoms with Crippen molar-refractivity contribution in [1.82, 2.24) is 0 Å². The molecule has 0 atom stereocenters. The van der Waals surface area contributed by atoms with Crippen molar-refractivity contribution in [1.29, 1.82) is 0 Å². The van der Waals surface area contributed by atoms with Gasteiger partial charge in [-0.1, -0.05) is 78.3 Å². The first kappa shape index (κ1) is 19.7. The van der Waals surface area contributed by atoms with Crippen LogP contribution in [0.25, 0.3) is 32.7 Å². The number of benzene rings is 4. The fraction of sp³-hybridized carbons (Fsp3) is 0.231. The van der Waals surface area contributed by atoms with E-state index in [0.29, 0.717) is 0 Å². The lowest BCUT2D eigenvalue weighted by Gasteiger charge is -2.37. The largest absolute Gasteiger partial charge is 0.427 e. The SMILES string of the molecule is CC(C)(O)C(C)(C)O[B]c1ccc(-c2cc3ccccc3c3ccccc23)cc1. The molecule has 0 heterocycles. The molecule has 0 saturated carbocycles. The fourth-order valence-electron chi connectivity index (χ4n) is 3.39. The summed E-state index contributed by atoms with van der Waals surface area (Å²) in [7, 11) is 1.72. The van der Waals surface area contributed by atoms with Gasteiger partial charge in [-0.25, -0.2) is 0 Å². The molecule has 29 heavy (non-hydrogen) atoms. The summed E-state index contributed by atoms with van der Waals surface area (Å²) in [6.45, 7) is 7.29. The molecule has 0 spiro atoms. The van der Waals surface area contributed by atoms with Gasteiger partial charge < -0.3 is 9.76 Å². The van der Waals surface area contributed by atoms with E-state index in [-0.39, 0.29) is 0 Å². The maximum atomic E-state index is 10.3. The Kier molecular flexibility index (Phi) is 4.98. The first-order valence-corrected chi connectivity index (χ1v) is 10.0. The maximum Gasteiger partial charge on any atom is 0.330 e. The van der Waals surface area contributed by atoms with Crippen molar-refractivity contribution >= 4 is 34.5 Å². The zero-order valence-corrected chi connectivity index (χ0v) is 17.4. The van der Waals surface area contributed by atoms with Gasteiger partial charge in [-0.05, 0) is 66.4 Å². The average Bonchev–Trinajstić information content (AvgIpc) is 2.71. The van der Waals surface area contributed by atoms with E-state index in [0.717, 1.165) is 5.46 Å². The van der Waals surface area contributed by atoms with E-state index in [1.54, 1.807) is 21.3 Å². The Bertz CT molecular complexity index is 1150. The first-order valence-electron chi connectivity index (χ1n) is 10.0. The monoisotopic (exact) mass is 381 g/mol.